The third-order valence-corrected chi connectivity index (χ3v) is 2.27. The molecule has 0 aliphatic heterocycles. The van der Waals surface area contributed by atoms with Gasteiger partial charge in [0.1, 0.15) is 6.61 Å². The van der Waals surface area contributed by atoms with Crippen LogP contribution in [0.1, 0.15) is 5.56 Å². The third-order valence-electron chi connectivity index (χ3n) is 2.27. The maximum absolute atomic E-state index is 13.2. The van der Waals surface area contributed by atoms with Crippen molar-refractivity contribution in [3.8, 4) is 17.2 Å². The number of halogens is 1. The van der Waals surface area contributed by atoms with Crippen molar-refractivity contribution < 1.29 is 19.3 Å². The van der Waals surface area contributed by atoms with E-state index in [0.717, 1.165) is 0 Å². The minimum absolute atomic E-state index is 0.120. The summed E-state index contributed by atoms with van der Waals surface area (Å²) in [5.41, 5.74) is 0.642. The van der Waals surface area contributed by atoms with E-state index in [1.165, 1.54) is 24.3 Å². The molecule has 2 N–H and O–H groups in total. The molecule has 0 amide bonds. The Morgan fingerprint density at radius 1 is 1.00 bits per heavy atom. The van der Waals surface area contributed by atoms with Gasteiger partial charge in [0.25, 0.3) is 0 Å². The summed E-state index contributed by atoms with van der Waals surface area (Å²) in [5, 5.41) is 18.4. The van der Waals surface area contributed by atoms with Gasteiger partial charge in [0.2, 0.25) is 0 Å². The summed E-state index contributed by atoms with van der Waals surface area (Å²) >= 11 is 0. The van der Waals surface area contributed by atoms with E-state index in [0.29, 0.717) is 5.56 Å². The molecule has 0 bridgehead atoms. The Bertz CT molecular complexity index is 526. The smallest absolute Gasteiger partial charge is 0.165 e. The van der Waals surface area contributed by atoms with Gasteiger partial charge in [0.05, 0.1) is 0 Å². The molecule has 0 aliphatic carbocycles. The van der Waals surface area contributed by atoms with Gasteiger partial charge in [0.15, 0.2) is 23.1 Å². The summed E-state index contributed by atoms with van der Waals surface area (Å²) < 4.78 is 18.5. The van der Waals surface area contributed by atoms with Crippen LogP contribution in [0.3, 0.4) is 0 Å². The fourth-order valence-corrected chi connectivity index (χ4v) is 1.38. The first-order valence-electron chi connectivity index (χ1n) is 5.05. The highest BCUT2D eigenvalue weighted by atomic mass is 19.1. The van der Waals surface area contributed by atoms with Crippen LogP contribution in [0.4, 0.5) is 4.39 Å². The number of benzene rings is 2. The summed E-state index contributed by atoms with van der Waals surface area (Å²) in [7, 11) is 0. The normalized spacial score (nSPS) is 10.2. The van der Waals surface area contributed by atoms with Crippen LogP contribution < -0.4 is 4.74 Å². The standard InChI is InChI=1S/C13H11FO3/c14-10-3-1-2-4-13(10)17-8-9-5-6-11(15)12(16)7-9/h1-7,15-16H,8H2. The molecule has 0 saturated heterocycles. The molecule has 17 heavy (non-hydrogen) atoms. The number of para-hydroxylation sites is 1. The average molecular weight is 234 g/mol. The van der Waals surface area contributed by atoms with Crippen molar-refractivity contribution in [2.45, 2.75) is 6.61 Å². The van der Waals surface area contributed by atoms with Crippen LogP contribution in [0.25, 0.3) is 0 Å². The fourth-order valence-electron chi connectivity index (χ4n) is 1.38. The van der Waals surface area contributed by atoms with Crippen LogP contribution in [-0.4, -0.2) is 10.2 Å². The van der Waals surface area contributed by atoms with E-state index in [1.54, 1.807) is 18.2 Å². The summed E-state index contributed by atoms with van der Waals surface area (Å²) in [4.78, 5) is 0. The lowest BCUT2D eigenvalue weighted by molar-refractivity contribution is 0.289. The van der Waals surface area contributed by atoms with Crippen LogP contribution in [-0.2, 0) is 6.61 Å². The Balaban J connectivity index is 2.08. The predicted molar refractivity (Wildman–Crippen MR) is 60.5 cm³/mol. The Kier molecular flexibility index (Phi) is 3.14. The largest absolute Gasteiger partial charge is 0.504 e. The van der Waals surface area contributed by atoms with E-state index in [1.807, 2.05) is 0 Å². The second kappa shape index (κ2) is 4.74. The molecule has 2 aromatic rings. The molecule has 0 fully saturated rings. The van der Waals surface area contributed by atoms with Crippen molar-refractivity contribution in [2.24, 2.45) is 0 Å². The van der Waals surface area contributed by atoms with Crippen molar-refractivity contribution in [1.82, 2.24) is 0 Å². The zero-order chi connectivity index (χ0) is 12.3. The Morgan fingerprint density at radius 3 is 2.47 bits per heavy atom. The zero-order valence-corrected chi connectivity index (χ0v) is 8.93. The number of phenols is 2. The zero-order valence-electron chi connectivity index (χ0n) is 8.93. The lowest BCUT2D eigenvalue weighted by Crippen LogP contribution is -1.96. The molecular formula is C13H11FO3. The summed E-state index contributed by atoms with van der Waals surface area (Å²) in [6.45, 7) is 0.120. The van der Waals surface area contributed by atoms with Crippen molar-refractivity contribution in [3.63, 3.8) is 0 Å². The van der Waals surface area contributed by atoms with Gasteiger partial charge in [-0.2, -0.15) is 0 Å². The molecule has 4 heteroatoms. The summed E-state index contributed by atoms with van der Waals surface area (Å²) in [6.07, 6.45) is 0. The lowest BCUT2D eigenvalue weighted by atomic mass is 10.2. The molecule has 0 heterocycles. The van der Waals surface area contributed by atoms with Gasteiger partial charge < -0.3 is 14.9 Å². The molecule has 0 unspecified atom stereocenters. The molecule has 0 radical (unpaired) electrons. The van der Waals surface area contributed by atoms with Crippen LogP contribution in [0, 0.1) is 5.82 Å². The first kappa shape index (κ1) is 11.3. The van der Waals surface area contributed by atoms with Crippen LogP contribution in [0.5, 0.6) is 17.2 Å². The van der Waals surface area contributed by atoms with E-state index in [4.69, 9.17) is 9.84 Å². The van der Waals surface area contributed by atoms with Crippen LogP contribution in [0.2, 0.25) is 0 Å². The highest BCUT2D eigenvalue weighted by Gasteiger charge is 2.04. The number of hydrogen-bond donors (Lipinski definition) is 2. The quantitative estimate of drug-likeness (QED) is 0.803. The highest BCUT2D eigenvalue weighted by molar-refractivity contribution is 5.40. The van der Waals surface area contributed by atoms with Crippen molar-refractivity contribution >= 4 is 0 Å². The SMILES string of the molecule is Oc1ccc(COc2ccccc2F)cc1O. The summed E-state index contributed by atoms with van der Waals surface area (Å²) in [6, 6.07) is 10.4. The number of ether oxygens (including phenoxy) is 1. The van der Waals surface area contributed by atoms with Crippen molar-refractivity contribution in [1.29, 1.82) is 0 Å². The molecule has 88 valence electrons. The van der Waals surface area contributed by atoms with E-state index in [2.05, 4.69) is 0 Å². The first-order chi connectivity index (χ1) is 8.16. The van der Waals surface area contributed by atoms with Crippen LogP contribution in [0.15, 0.2) is 42.5 Å². The topological polar surface area (TPSA) is 49.7 Å². The van der Waals surface area contributed by atoms with Gasteiger partial charge in [-0.05, 0) is 29.8 Å². The molecule has 0 spiro atoms. The first-order valence-corrected chi connectivity index (χ1v) is 5.05. The van der Waals surface area contributed by atoms with E-state index in [-0.39, 0.29) is 23.9 Å². The van der Waals surface area contributed by atoms with Gasteiger partial charge in [0, 0.05) is 0 Å². The molecule has 0 atom stereocenters. The molecule has 3 nitrogen and oxygen atoms in total. The predicted octanol–water partition coefficient (Wildman–Crippen LogP) is 2.82. The van der Waals surface area contributed by atoms with Crippen LogP contribution >= 0.6 is 0 Å². The molecule has 0 saturated carbocycles. The number of hydrogen-bond acceptors (Lipinski definition) is 3. The minimum atomic E-state index is -0.435. The molecule has 2 aromatic carbocycles. The fraction of sp³-hybridized carbons (Fsp3) is 0.0769. The highest BCUT2D eigenvalue weighted by Crippen LogP contribution is 2.25. The Labute approximate surface area is 97.7 Å². The lowest BCUT2D eigenvalue weighted by Gasteiger charge is -2.07. The van der Waals surface area contributed by atoms with Crippen molar-refractivity contribution in [3.05, 3.63) is 53.8 Å². The van der Waals surface area contributed by atoms with E-state index in [9.17, 15) is 9.50 Å². The monoisotopic (exact) mass is 234 g/mol. The van der Waals surface area contributed by atoms with Gasteiger partial charge >= 0.3 is 0 Å². The molecule has 0 aromatic heterocycles. The maximum Gasteiger partial charge on any atom is 0.165 e. The number of aromatic hydroxyl groups is 2. The molecule has 0 aliphatic rings. The van der Waals surface area contributed by atoms with Gasteiger partial charge in [-0.1, -0.05) is 18.2 Å². The maximum atomic E-state index is 13.2. The van der Waals surface area contributed by atoms with E-state index < -0.39 is 5.82 Å². The second-order valence-corrected chi connectivity index (χ2v) is 3.54. The summed E-state index contributed by atoms with van der Waals surface area (Å²) in [5.74, 6) is -0.699. The third kappa shape index (κ3) is 2.66. The van der Waals surface area contributed by atoms with Gasteiger partial charge in [-0.25, -0.2) is 4.39 Å². The average Bonchev–Trinajstić information content (AvgIpc) is 2.32. The minimum Gasteiger partial charge on any atom is -0.504 e. The Morgan fingerprint density at radius 2 is 1.76 bits per heavy atom. The number of phenolic OH excluding ortho intramolecular Hbond substituents is 2. The van der Waals surface area contributed by atoms with Gasteiger partial charge in [-0.3, -0.25) is 0 Å². The van der Waals surface area contributed by atoms with E-state index >= 15 is 0 Å². The van der Waals surface area contributed by atoms with Crippen molar-refractivity contribution in [2.75, 3.05) is 0 Å². The molecule has 2 rings (SSSR count). The van der Waals surface area contributed by atoms with Gasteiger partial charge in [-0.15, -0.1) is 0 Å². The number of rotatable bonds is 3. The second-order valence-electron chi connectivity index (χ2n) is 3.54. The molecular weight excluding hydrogens is 223 g/mol. The Hall–Kier alpha value is -2.23.